The summed E-state index contributed by atoms with van der Waals surface area (Å²) in [6.45, 7) is -2.63. The van der Waals surface area contributed by atoms with Crippen molar-refractivity contribution in [2.24, 2.45) is 5.73 Å². The highest BCUT2D eigenvalue weighted by molar-refractivity contribution is 7.89. The Bertz CT molecular complexity index is 675. The number of methoxy groups -OCH3 is 1. The quantitative estimate of drug-likeness (QED) is 0.812. The van der Waals surface area contributed by atoms with Gasteiger partial charge in [0.05, 0.1) is 16.0 Å². The molecule has 1 aromatic rings. The zero-order valence-corrected chi connectivity index (χ0v) is 14.6. The average Bonchev–Trinajstić information content (AvgIpc) is 2.55. The summed E-state index contributed by atoms with van der Waals surface area (Å²) in [7, 11) is -2.28. The van der Waals surface area contributed by atoms with Crippen molar-refractivity contribution in [2.45, 2.75) is 36.5 Å². The van der Waals surface area contributed by atoms with Crippen molar-refractivity contribution >= 4 is 21.6 Å². The third kappa shape index (κ3) is 4.15. The molecule has 0 amide bonds. The molecule has 6 nitrogen and oxygen atoms in total. The predicted molar refractivity (Wildman–Crippen MR) is 84.8 cm³/mol. The number of halogens is 3. The van der Waals surface area contributed by atoms with Gasteiger partial charge in [-0.1, -0.05) is 11.6 Å². The predicted octanol–water partition coefficient (Wildman–Crippen LogP) is 2.07. The van der Waals surface area contributed by atoms with E-state index >= 15 is 0 Å². The summed E-state index contributed by atoms with van der Waals surface area (Å²) in [4.78, 5) is -0.0940. The smallest absolute Gasteiger partial charge is 0.387 e. The van der Waals surface area contributed by atoms with Crippen LogP contribution in [0.5, 0.6) is 5.75 Å². The molecule has 1 fully saturated rings. The van der Waals surface area contributed by atoms with E-state index in [1.165, 1.54) is 10.4 Å². The molecule has 10 heteroatoms. The molecule has 2 unspecified atom stereocenters. The van der Waals surface area contributed by atoms with Gasteiger partial charge in [-0.05, 0) is 31.0 Å². The van der Waals surface area contributed by atoms with Gasteiger partial charge in [0.2, 0.25) is 10.0 Å². The highest BCUT2D eigenvalue weighted by Crippen LogP contribution is 2.32. The molecule has 1 heterocycles. The minimum atomic E-state index is -3.85. The highest BCUT2D eigenvalue weighted by Gasteiger charge is 2.36. The van der Waals surface area contributed by atoms with Crippen molar-refractivity contribution in [3.63, 3.8) is 0 Å². The summed E-state index contributed by atoms with van der Waals surface area (Å²) in [6, 6.07) is 3.00. The van der Waals surface area contributed by atoms with Gasteiger partial charge in [0.25, 0.3) is 0 Å². The van der Waals surface area contributed by atoms with Gasteiger partial charge in [0.1, 0.15) is 5.75 Å². The summed E-state index contributed by atoms with van der Waals surface area (Å²) < 4.78 is 61.0. The van der Waals surface area contributed by atoms with Crippen LogP contribution in [0.1, 0.15) is 12.8 Å². The van der Waals surface area contributed by atoms with Crippen LogP contribution in [0.3, 0.4) is 0 Å². The molecule has 1 saturated heterocycles. The fourth-order valence-corrected chi connectivity index (χ4v) is 4.68. The van der Waals surface area contributed by atoms with E-state index in [0.717, 1.165) is 12.1 Å². The van der Waals surface area contributed by atoms with Gasteiger partial charge in [0.15, 0.2) is 0 Å². The molecule has 2 rings (SSSR count). The van der Waals surface area contributed by atoms with E-state index in [-0.39, 0.29) is 34.9 Å². The first-order valence-electron chi connectivity index (χ1n) is 7.28. The zero-order valence-electron chi connectivity index (χ0n) is 13.0. The number of sulfonamides is 1. The molecule has 1 aromatic carbocycles. The minimum Gasteiger partial charge on any atom is -0.433 e. The van der Waals surface area contributed by atoms with Gasteiger partial charge in [-0.15, -0.1) is 0 Å². The Labute approximate surface area is 144 Å². The second kappa shape index (κ2) is 7.92. The number of nitrogens with two attached hydrogens (primary N) is 1. The van der Waals surface area contributed by atoms with Crippen molar-refractivity contribution in [3.05, 3.63) is 23.2 Å². The molecule has 0 radical (unpaired) electrons. The summed E-state index contributed by atoms with van der Waals surface area (Å²) in [5.41, 5.74) is 5.70. The Morgan fingerprint density at radius 2 is 2.17 bits per heavy atom. The molecule has 1 aliphatic heterocycles. The van der Waals surface area contributed by atoms with Crippen LogP contribution in [0, 0.1) is 0 Å². The van der Waals surface area contributed by atoms with Gasteiger partial charge in [-0.25, -0.2) is 8.42 Å². The fraction of sp³-hybridized carbons (Fsp3) is 0.571. The number of rotatable bonds is 6. The first-order valence-corrected chi connectivity index (χ1v) is 9.10. The minimum absolute atomic E-state index is 0.0459. The summed E-state index contributed by atoms with van der Waals surface area (Å²) in [5.74, 6) is -0.279. The van der Waals surface area contributed by atoms with Crippen LogP contribution >= 0.6 is 11.6 Å². The summed E-state index contributed by atoms with van der Waals surface area (Å²) in [5, 5.41) is -0.201. The molecule has 0 saturated carbocycles. The molecule has 0 bridgehead atoms. The lowest BCUT2D eigenvalue weighted by molar-refractivity contribution is -0.0498. The SMILES string of the molecule is COC1CCN(S(=O)(=O)c2ccc(OC(F)F)c(Cl)c2)C(CN)C1. The van der Waals surface area contributed by atoms with E-state index in [1.807, 2.05) is 0 Å². The van der Waals surface area contributed by atoms with E-state index < -0.39 is 22.7 Å². The molecular formula is C14H19ClF2N2O4S. The van der Waals surface area contributed by atoms with Crippen molar-refractivity contribution in [1.29, 1.82) is 0 Å². The number of hydrogen-bond donors (Lipinski definition) is 1. The number of nitrogens with zero attached hydrogens (tertiary/aromatic N) is 1. The molecule has 0 aromatic heterocycles. The average molecular weight is 385 g/mol. The summed E-state index contributed by atoms with van der Waals surface area (Å²) >= 11 is 5.85. The van der Waals surface area contributed by atoms with Crippen LogP contribution in [0.15, 0.2) is 23.1 Å². The van der Waals surface area contributed by atoms with Crippen molar-refractivity contribution in [1.82, 2.24) is 4.31 Å². The lowest BCUT2D eigenvalue weighted by Crippen LogP contribution is -2.51. The maximum atomic E-state index is 12.8. The van der Waals surface area contributed by atoms with Crippen LogP contribution in [-0.2, 0) is 14.8 Å². The standard InChI is InChI=1S/C14H19ClF2N2O4S/c1-22-10-4-5-19(9(6-10)8-18)24(20,21)11-2-3-13(12(15)7-11)23-14(16)17/h2-3,7,9-10,14H,4-6,8,18H2,1H3. The zero-order chi connectivity index (χ0) is 17.9. The second-order valence-corrected chi connectivity index (χ2v) is 7.66. The second-order valence-electron chi connectivity index (χ2n) is 5.36. The molecule has 24 heavy (non-hydrogen) atoms. The molecule has 0 aliphatic carbocycles. The van der Waals surface area contributed by atoms with E-state index in [4.69, 9.17) is 22.1 Å². The molecule has 1 aliphatic rings. The number of piperidine rings is 1. The lowest BCUT2D eigenvalue weighted by Gasteiger charge is -2.37. The van der Waals surface area contributed by atoms with E-state index in [9.17, 15) is 17.2 Å². The molecular weight excluding hydrogens is 366 g/mol. The van der Waals surface area contributed by atoms with Crippen molar-refractivity contribution in [3.8, 4) is 5.75 Å². The number of alkyl halides is 2. The van der Waals surface area contributed by atoms with Crippen LogP contribution in [0.4, 0.5) is 8.78 Å². The van der Waals surface area contributed by atoms with Crippen LogP contribution < -0.4 is 10.5 Å². The normalized spacial score (nSPS) is 22.8. The maximum absolute atomic E-state index is 12.8. The van der Waals surface area contributed by atoms with Gasteiger partial charge >= 0.3 is 6.61 Å². The maximum Gasteiger partial charge on any atom is 0.387 e. The Kier molecular flexibility index (Phi) is 6.38. The lowest BCUT2D eigenvalue weighted by atomic mass is 10.0. The van der Waals surface area contributed by atoms with E-state index in [2.05, 4.69) is 4.74 Å². The van der Waals surface area contributed by atoms with Gasteiger partial charge < -0.3 is 15.2 Å². The van der Waals surface area contributed by atoms with Gasteiger partial charge in [-0.2, -0.15) is 13.1 Å². The highest BCUT2D eigenvalue weighted by atomic mass is 35.5. The van der Waals surface area contributed by atoms with E-state index in [0.29, 0.717) is 12.8 Å². The van der Waals surface area contributed by atoms with Crippen molar-refractivity contribution < 1.29 is 26.7 Å². The largest absolute Gasteiger partial charge is 0.433 e. The Hall–Kier alpha value is -1.00. The molecule has 2 atom stereocenters. The van der Waals surface area contributed by atoms with Crippen LogP contribution in [0.25, 0.3) is 0 Å². The monoisotopic (exact) mass is 384 g/mol. The third-order valence-corrected chi connectivity index (χ3v) is 6.19. The Balaban J connectivity index is 2.28. The van der Waals surface area contributed by atoms with Gasteiger partial charge in [0, 0.05) is 26.2 Å². The number of hydrogen-bond acceptors (Lipinski definition) is 5. The van der Waals surface area contributed by atoms with Gasteiger partial charge in [-0.3, -0.25) is 0 Å². The molecule has 136 valence electrons. The Morgan fingerprint density at radius 1 is 1.46 bits per heavy atom. The third-order valence-electron chi connectivity index (χ3n) is 3.95. The molecule has 0 spiro atoms. The molecule has 2 N–H and O–H groups in total. The van der Waals surface area contributed by atoms with Crippen molar-refractivity contribution in [2.75, 3.05) is 20.2 Å². The Morgan fingerprint density at radius 3 is 2.71 bits per heavy atom. The van der Waals surface area contributed by atoms with Crippen LogP contribution in [-0.4, -0.2) is 51.7 Å². The first kappa shape index (κ1) is 19.3. The summed E-state index contributed by atoms with van der Waals surface area (Å²) in [6.07, 6.45) is 0.995. The first-order chi connectivity index (χ1) is 11.3. The topological polar surface area (TPSA) is 81.9 Å². The number of benzene rings is 1. The van der Waals surface area contributed by atoms with E-state index in [1.54, 1.807) is 7.11 Å². The number of ether oxygens (including phenoxy) is 2. The fourth-order valence-electron chi connectivity index (χ4n) is 2.71. The van der Waals surface area contributed by atoms with Crippen LogP contribution in [0.2, 0.25) is 5.02 Å².